The first-order valence-corrected chi connectivity index (χ1v) is 12.9. The smallest absolute Gasteiger partial charge is 0.435 e. The Balaban J connectivity index is 1.85. The maximum Gasteiger partial charge on any atom is 0.435 e. The molecule has 2 aromatic rings. The number of H-pyrrole nitrogens is 1. The molecular formula is C24H32F4N4O3S. The molecule has 0 bridgehead atoms. The van der Waals surface area contributed by atoms with Crippen LogP contribution in [-0.2, 0) is 17.5 Å². The number of carbonyl (C=O) groups is 1. The predicted molar refractivity (Wildman–Crippen MR) is 130 cm³/mol. The molecule has 1 aromatic heterocycles. The summed E-state index contributed by atoms with van der Waals surface area (Å²) in [5.74, 6) is 1.82. The van der Waals surface area contributed by atoms with Crippen LogP contribution in [0.25, 0.3) is 0 Å². The lowest BCUT2D eigenvalue weighted by Crippen LogP contribution is -2.32. The zero-order valence-corrected chi connectivity index (χ0v) is 21.3. The molecule has 1 aliphatic heterocycles. The molecule has 1 amide bonds. The van der Waals surface area contributed by atoms with Crippen molar-refractivity contribution < 1.29 is 32.2 Å². The van der Waals surface area contributed by atoms with Gasteiger partial charge in [-0.2, -0.15) is 30.0 Å². The van der Waals surface area contributed by atoms with Gasteiger partial charge in [-0.15, -0.1) is 0 Å². The van der Waals surface area contributed by atoms with Crippen LogP contribution < -0.4 is 5.32 Å². The summed E-state index contributed by atoms with van der Waals surface area (Å²) in [7, 11) is 0. The van der Waals surface area contributed by atoms with Crippen LogP contribution in [0.5, 0.6) is 0 Å². The Kier molecular flexibility index (Phi) is 9.28. The monoisotopic (exact) mass is 532 g/mol. The standard InChI is InChI=1S/C24H32F4N4O3S/c1-23(2,3)35-22(34)29-18-6-4-5-17(25)16(18)14-32(10-7-15-8-11-36-12-9-15)21(33)19-13-20(31-30-19)24(26,27)28/h4-6,13,15,21,33H,7-12,14H2,1-3H3,(H,29,34)(H,30,31). The number of nitrogens with one attached hydrogen (secondary N) is 2. The number of aliphatic hydroxyl groups excluding tert-OH is 1. The van der Waals surface area contributed by atoms with Crippen molar-refractivity contribution in [3.05, 3.63) is 47.0 Å². The summed E-state index contributed by atoms with van der Waals surface area (Å²) in [5.41, 5.74) is -1.85. The van der Waals surface area contributed by atoms with Crippen LogP contribution in [0.15, 0.2) is 24.3 Å². The van der Waals surface area contributed by atoms with Crippen molar-refractivity contribution in [2.75, 3.05) is 23.4 Å². The van der Waals surface area contributed by atoms with E-state index in [2.05, 4.69) is 15.5 Å². The fraction of sp³-hybridized carbons (Fsp3) is 0.583. The Hall–Kier alpha value is -2.31. The van der Waals surface area contributed by atoms with E-state index in [1.165, 1.54) is 23.1 Å². The SMILES string of the molecule is CC(C)(C)OC(=O)Nc1cccc(F)c1CN(CCC1CCSCC1)C(O)c1cc(C(F)(F)F)n[nH]1. The summed E-state index contributed by atoms with van der Waals surface area (Å²) in [4.78, 5) is 13.8. The maximum atomic E-state index is 14.9. The number of thioether (sulfide) groups is 1. The fourth-order valence-electron chi connectivity index (χ4n) is 3.94. The van der Waals surface area contributed by atoms with Gasteiger partial charge in [-0.3, -0.25) is 15.3 Å². The molecule has 1 fully saturated rings. The molecule has 0 aliphatic carbocycles. The van der Waals surface area contributed by atoms with Crippen molar-refractivity contribution in [2.24, 2.45) is 5.92 Å². The highest BCUT2D eigenvalue weighted by atomic mass is 32.2. The Morgan fingerprint density at radius 2 is 2.00 bits per heavy atom. The quantitative estimate of drug-likeness (QED) is 0.288. The number of aliphatic hydroxyl groups is 1. The molecule has 1 unspecified atom stereocenters. The molecule has 0 spiro atoms. The molecule has 36 heavy (non-hydrogen) atoms. The van der Waals surface area contributed by atoms with E-state index in [1.807, 2.05) is 11.8 Å². The van der Waals surface area contributed by atoms with Gasteiger partial charge in [0, 0.05) is 18.7 Å². The van der Waals surface area contributed by atoms with Gasteiger partial charge >= 0.3 is 12.3 Å². The molecular weight excluding hydrogens is 500 g/mol. The second-order valence-electron chi connectivity index (χ2n) is 9.79. The van der Waals surface area contributed by atoms with E-state index >= 15 is 0 Å². The third kappa shape index (κ3) is 8.10. The van der Waals surface area contributed by atoms with Crippen LogP contribution >= 0.6 is 11.8 Å². The summed E-state index contributed by atoms with van der Waals surface area (Å²) >= 11 is 1.87. The minimum absolute atomic E-state index is 0.0807. The number of halogens is 4. The number of hydrogen-bond donors (Lipinski definition) is 3. The van der Waals surface area contributed by atoms with Crippen molar-refractivity contribution in [1.82, 2.24) is 15.1 Å². The van der Waals surface area contributed by atoms with E-state index in [9.17, 15) is 27.5 Å². The molecule has 1 atom stereocenters. The topological polar surface area (TPSA) is 90.5 Å². The number of carbonyl (C=O) groups excluding carboxylic acids is 1. The first-order valence-electron chi connectivity index (χ1n) is 11.7. The van der Waals surface area contributed by atoms with Crippen LogP contribution in [0, 0.1) is 11.7 Å². The van der Waals surface area contributed by atoms with Gasteiger partial charge in [-0.1, -0.05) is 6.07 Å². The molecule has 1 aromatic carbocycles. The molecule has 0 saturated carbocycles. The summed E-state index contributed by atoms with van der Waals surface area (Å²) in [6.45, 7) is 5.22. The average Bonchev–Trinajstić information content (AvgIpc) is 3.28. The molecule has 12 heteroatoms. The van der Waals surface area contributed by atoms with Crippen LogP contribution in [0.1, 0.15) is 63.2 Å². The van der Waals surface area contributed by atoms with Crippen molar-refractivity contribution in [3.8, 4) is 0 Å². The minimum atomic E-state index is -4.67. The summed E-state index contributed by atoms with van der Waals surface area (Å²) < 4.78 is 59.4. The number of ether oxygens (including phenoxy) is 1. The molecule has 7 nitrogen and oxygen atoms in total. The lowest BCUT2D eigenvalue weighted by molar-refractivity contribution is -0.141. The van der Waals surface area contributed by atoms with Gasteiger partial charge in [0.05, 0.1) is 11.4 Å². The highest BCUT2D eigenvalue weighted by Gasteiger charge is 2.35. The molecule has 0 radical (unpaired) electrons. The molecule has 1 aliphatic rings. The van der Waals surface area contributed by atoms with Gasteiger partial charge in [0.1, 0.15) is 17.6 Å². The van der Waals surface area contributed by atoms with E-state index in [-0.39, 0.29) is 23.5 Å². The van der Waals surface area contributed by atoms with E-state index < -0.39 is 35.6 Å². The third-order valence-electron chi connectivity index (χ3n) is 5.79. The molecule has 1 saturated heterocycles. The Bertz CT molecular complexity index is 1020. The van der Waals surface area contributed by atoms with Gasteiger partial charge in [0.15, 0.2) is 5.69 Å². The summed E-state index contributed by atoms with van der Waals surface area (Å²) in [5, 5.41) is 19.1. The lowest BCUT2D eigenvalue weighted by Gasteiger charge is -2.30. The Labute approximate surface area is 212 Å². The number of aromatic nitrogens is 2. The summed E-state index contributed by atoms with van der Waals surface area (Å²) in [6, 6.07) is 4.90. The van der Waals surface area contributed by atoms with Gasteiger partial charge < -0.3 is 9.84 Å². The Morgan fingerprint density at radius 3 is 2.61 bits per heavy atom. The average molecular weight is 533 g/mol. The van der Waals surface area contributed by atoms with Crippen LogP contribution in [-0.4, -0.2) is 49.9 Å². The molecule has 2 heterocycles. The van der Waals surface area contributed by atoms with E-state index in [0.717, 1.165) is 30.4 Å². The highest BCUT2D eigenvalue weighted by Crippen LogP contribution is 2.32. The van der Waals surface area contributed by atoms with Crippen LogP contribution in [0.2, 0.25) is 0 Å². The number of alkyl halides is 3. The first-order chi connectivity index (χ1) is 16.8. The number of amides is 1. The number of hydrogen-bond acceptors (Lipinski definition) is 6. The van der Waals surface area contributed by atoms with Gasteiger partial charge in [0.2, 0.25) is 0 Å². The highest BCUT2D eigenvalue weighted by molar-refractivity contribution is 7.99. The second-order valence-corrected chi connectivity index (χ2v) is 11.0. The van der Waals surface area contributed by atoms with Gasteiger partial charge in [-0.05, 0) is 75.7 Å². The largest absolute Gasteiger partial charge is 0.444 e. The number of aromatic amines is 1. The maximum absolute atomic E-state index is 14.9. The van der Waals surface area contributed by atoms with E-state index in [4.69, 9.17) is 4.74 Å². The van der Waals surface area contributed by atoms with Crippen LogP contribution in [0.4, 0.5) is 28.0 Å². The predicted octanol–water partition coefficient (Wildman–Crippen LogP) is 5.94. The molecule has 200 valence electrons. The second kappa shape index (κ2) is 11.8. The number of anilines is 1. The Morgan fingerprint density at radius 1 is 1.31 bits per heavy atom. The molecule has 3 N–H and O–H groups in total. The minimum Gasteiger partial charge on any atom is -0.444 e. The van der Waals surface area contributed by atoms with Crippen molar-refractivity contribution in [1.29, 1.82) is 0 Å². The van der Waals surface area contributed by atoms with E-state index in [0.29, 0.717) is 18.9 Å². The first kappa shape index (κ1) is 28.3. The van der Waals surface area contributed by atoms with Crippen molar-refractivity contribution >= 4 is 23.5 Å². The fourth-order valence-corrected chi connectivity index (χ4v) is 5.14. The van der Waals surface area contributed by atoms with Gasteiger partial charge in [0.25, 0.3) is 0 Å². The third-order valence-corrected chi connectivity index (χ3v) is 6.84. The molecule has 3 rings (SSSR count). The van der Waals surface area contributed by atoms with Crippen molar-refractivity contribution in [2.45, 2.75) is 64.6 Å². The van der Waals surface area contributed by atoms with Gasteiger partial charge in [-0.25, -0.2) is 9.18 Å². The number of rotatable bonds is 8. The zero-order valence-electron chi connectivity index (χ0n) is 20.5. The zero-order chi connectivity index (χ0) is 26.5. The number of benzene rings is 1. The summed E-state index contributed by atoms with van der Waals surface area (Å²) in [6.07, 6.45) is -4.26. The van der Waals surface area contributed by atoms with E-state index in [1.54, 1.807) is 20.8 Å². The lowest BCUT2D eigenvalue weighted by atomic mass is 9.98. The number of nitrogens with zero attached hydrogens (tertiary/aromatic N) is 2. The van der Waals surface area contributed by atoms with Crippen LogP contribution in [0.3, 0.4) is 0 Å². The van der Waals surface area contributed by atoms with Crippen molar-refractivity contribution in [3.63, 3.8) is 0 Å². The normalized spacial score (nSPS) is 16.2.